The van der Waals surface area contributed by atoms with Crippen LogP contribution in [-0.4, -0.2) is 6.54 Å². The number of hydrogen-bond acceptors (Lipinski definition) is 2. The Hall–Kier alpha value is -0.340. The summed E-state index contributed by atoms with van der Waals surface area (Å²) in [6, 6.07) is 2.84. The molecule has 1 rings (SSSR count). The van der Waals surface area contributed by atoms with Gasteiger partial charge in [-0.3, -0.25) is 0 Å². The van der Waals surface area contributed by atoms with Crippen LogP contribution in [0, 0.1) is 13.8 Å². The molecule has 1 atom stereocenters. The summed E-state index contributed by atoms with van der Waals surface area (Å²) in [5.41, 5.74) is 1.49. The van der Waals surface area contributed by atoms with Gasteiger partial charge in [0.1, 0.15) is 0 Å². The molecular weight excluding hydrogens is 262 g/mol. The number of unbranched alkanes of at least 4 members (excludes halogenated alkanes) is 7. The monoisotopic (exact) mass is 295 g/mol. The molecule has 1 aromatic heterocycles. The lowest BCUT2D eigenvalue weighted by molar-refractivity contribution is 0.521. The SMILES string of the molecule is CCCCCCCCCCNC(C)c1cc(C)sc1C. The maximum Gasteiger partial charge on any atom is 0.0302 e. The number of thiophene rings is 1. The van der Waals surface area contributed by atoms with Crippen LogP contribution in [0.15, 0.2) is 6.07 Å². The molecule has 0 saturated carbocycles. The second kappa shape index (κ2) is 10.4. The van der Waals surface area contributed by atoms with Crippen molar-refractivity contribution in [3.63, 3.8) is 0 Å². The topological polar surface area (TPSA) is 12.0 Å². The third kappa shape index (κ3) is 6.90. The van der Waals surface area contributed by atoms with Gasteiger partial charge in [-0.15, -0.1) is 11.3 Å². The number of aryl methyl sites for hydroxylation is 2. The summed E-state index contributed by atoms with van der Waals surface area (Å²) >= 11 is 1.91. The van der Waals surface area contributed by atoms with Gasteiger partial charge in [-0.2, -0.15) is 0 Å². The molecule has 0 radical (unpaired) electrons. The molecule has 0 aliphatic carbocycles. The Labute approximate surface area is 130 Å². The van der Waals surface area contributed by atoms with Gasteiger partial charge in [-0.05, 0) is 45.4 Å². The Bertz CT molecular complexity index is 356. The average Bonchev–Trinajstić information content (AvgIpc) is 2.75. The van der Waals surface area contributed by atoms with Gasteiger partial charge >= 0.3 is 0 Å². The highest BCUT2D eigenvalue weighted by Gasteiger charge is 2.09. The van der Waals surface area contributed by atoms with Crippen LogP contribution in [0.1, 0.15) is 86.6 Å². The standard InChI is InChI=1S/C18H33NS/c1-5-6-7-8-9-10-11-12-13-19-16(3)18-14-15(2)20-17(18)4/h14,16,19H,5-13H2,1-4H3. The molecule has 0 aromatic carbocycles. The van der Waals surface area contributed by atoms with E-state index in [1.807, 2.05) is 11.3 Å². The highest BCUT2D eigenvalue weighted by atomic mass is 32.1. The fourth-order valence-electron chi connectivity index (χ4n) is 2.77. The van der Waals surface area contributed by atoms with E-state index in [0.717, 1.165) is 6.54 Å². The molecule has 0 spiro atoms. The molecule has 0 saturated heterocycles. The van der Waals surface area contributed by atoms with Crippen molar-refractivity contribution in [2.24, 2.45) is 0 Å². The molecule has 1 unspecified atom stereocenters. The number of hydrogen-bond donors (Lipinski definition) is 1. The Morgan fingerprint density at radius 3 is 2.15 bits per heavy atom. The highest BCUT2D eigenvalue weighted by Crippen LogP contribution is 2.26. The van der Waals surface area contributed by atoms with Gasteiger partial charge in [0.15, 0.2) is 0 Å². The van der Waals surface area contributed by atoms with Crippen molar-refractivity contribution in [2.75, 3.05) is 6.54 Å². The van der Waals surface area contributed by atoms with E-state index in [0.29, 0.717) is 6.04 Å². The van der Waals surface area contributed by atoms with Crippen LogP contribution in [0.3, 0.4) is 0 Å². The summed E-state index contributed by atoms with van der Waals surface area (Å²) in [7, 11) is 0. The molecule has 1 nitrogen and oxygen atoms in total. The van der Waals surface area contributed by atoms with Crippen molar-refractivity contribution >= 4 is 11.3 Å². The Kier molecular flexibility index (Phi) is 9.21. The summed E-state index contributed by atoms with van der Waals surface area (Å²) in [5.74, 6) is 0. The van der Waals surface area contributed by atoms with E-state index < -0.39 is 0 Å². The molecule has 0 bridgehead atoms. The van der Waals surface area contributed by atoms with Crippen LogP contribution in [0.4, 0.5) is 0 Å². The molecule has 1 aromatic rings. The first-order valence-electron chi connectivity index (χ1n) is 8.45. The van der Waals surface area contributed by atoms with Gasteiger partial charge in [0.05, 0.1) is 0 Å². The van der Waals surface area contributed by atoms with Crippen LogP contribution < -0.4 is 5.32 Å². The second-order valence-corrected chi connectivity index (χ2v) is 7.48. The first kappa shape index (κ1) is 17.7. The van der Waals surface area contributed by atoms with Crippen LogP contribution in [0.5, 0.6) is 0 Å². The third-order valence-electron chi connectivity index (χ3n) is 4.03. The average molecular weight is 296 g/mol. The van der Waals surface area contributed by atoms with Crippen molar-refractivity contribution < 1.29 is 0 Å². The Morgan fingerprint density at radius 2 is 1.60 bits per heavy atom. The lowest BCUT2D eigenvalue weighted by atomic mass is 10.1. The first-order chi connectivity index (χ1) is 9.65. The third-order valence-corrected chi connectivity index (χ3v) is 5.01. The minimum absolute atomic E-state index is 0.504. The summed E-state index contributed by atoms with van der Waals surface area (Å²) in [6.45, 7) is 10.2. The second-order valence-electron chi connectivity index (χ2n) is 6.02. The summed E-state index contributed by atoms with van der Waals surface area (Å²) in [5, 5.41) is 3.67. The molecule has 1 N–H and O–H groups in total. The fraction of sp³-hybridized carbons (Fsp3) is 0.778. The van der Waals surface area contributed by atoms with E-state index in [4.69, 9.17) is 0 Å². The summed E-state index contributed by atoms with van der Waals surface area (Å²) in [4.78, 5) is 2.90. The zero-order chi connectivity index (χ0) is 14.8. The van der Waals surface area contributed by atoms with Gasteiger partial charge in [0.25, 0.3) is 0 Å². The Morgan fingerprint density at radius 1 is 1.00 bits per heavy atom. The van der Waals surface area contributed by atoms with Crippen molar-refractivity contribution in [2.45, 2.75) is 85.1 Å². The lowest BCUT2D eigenvalue weighted by Gasteiger charge is -2.13. The fourth-order valence-corrected chi connectivity index (χ4v) is 3.79. The molecule has 0 amide bonds. The van der Waals surface area contributed by atoms with Gasteiger partial charge in [0, 0.05) is 15.8 Å². The van der Waals surface area contributed by atoms with E-state index in [-0.39, 0.29) is 0 Å². The minimum atomic E-state index is 0.504. The van der Waals surface area contributed by atoms with Crippen LogP contribution in [0.2, 0.25) is 0 Å². The van der Waals surface area contributed by atoms with Crippen molar-refractivity contribution in [3.05, 3.63) is 21.4 Å². The van der Waals surface area contributed by atoms with E-state index in [1.165, 1.54) is 66.7 Å². The van der Waals surface area contributed by atoms with Gasteiger partial charge in [-0.1, -0.05) is 51.9 Å². The van der Waals surface area contributed by atoms with Crippen LogP contribution >= 0.6 is 11.3 Å². The van der Waals surface area contributed by atoms with Gasteiger partial charge in [0.2, 0.25) is 0 Å². The summed E-state index contributed by atoms with van der Waals surface area (Å²) < 4.78 is 0. The Balaban J connectivity index is 2.02. The van der Waals surface area contributed by atoms with Crippen molar-refractivity contribution in [3.8, 4) is 0 Å². The van der Waals surface area contributed by atoms with Crippen molar-refractivity contribution in [1.82, 2.24) is 5.32 Å². The maximum absolute atomic E-state index is 3.67. The molecule has 0 aliphatic heterocycles. The molecular formula is C18H33NS. The largest absolute Gasteiger partial charge is 0.310 e. The highest BCUT2D eigenvalue weighted by molar-refractivity contribution is 7.12. The van der Waals surface area contributed by atoms with E-state index >= 15 is 0 Å². The van der Waals surface area contributed by atoms with E-state index in [9.17, 15) is 0 Å². The molecule has 0 fully saturated rings. The van der Waals surface area contributed by atoms with E-state index in [1.54, 1.807) is 0 Å². The molecule has 2 heteroatoms. The first-order valence-corrected chi connectivity index (χ1v) is 9.27. The quantitative estimate of drug-likeness (QED) is 0.482. The van der Waals surface area contributed by atoms with E-state index in [2.05, 4.69) is 39.1 Å². The zero-order valence-corrected chi connectivity index (χ0v) is 14.7. The smallest absolute Gasteiger partial charge is 0.0302 e. The molecule has 20 heavy (non-hydrogen) atoms. The molecule has 1 heterocycles. The lowest BCUT2D eigenvalue weighted by Crippen LogP contribution is -2.19. The van der Waals surface area contributed by atoms with Crippen molar-refractivity contribution in [1.29, 1.82) is 0 Å². The predicted molar refractivity (Wildman–Crippen MR) is 92.8 cm³/mol. The number of rotatable bonds is 11. The van der Waals surface area contributed by atoms with Crippen LogP contribution in [-0.2, 0) is 0 Å². The summed E-state index contributed by atoms with van der Waals surface area (Å²) in [6.07, 6.45) is 11.2. The van der Waals surface area contributed by atoms with Crippen LogP contribution in [0.25, 0.3) is 0 Å². The molecule has 116 valence electrons. The van der Waals surface area contributed by atoms with Gasteiger partial charge < -0.3 is 5.32 Å². The zero-order valence-electron chi connectivity index (χ0n) is 13.9. The predicted octanol–water partition coefficient (Wildman–Crippen LogP) is 6.16. The normalized spacial score (nSPS) is 12.8. The van der Waals surface area contributed by atoms with Gasteiger partial charge in [-0.25, -0.2) is 0 Å². The molecule has 0 aliphatic rings. The number of nitrogens with one attached hydrogen (secondary N) is 1. The maximum atomic E-state index is 3.67. The minimum Gasteiger partial charge on any atom is -0.310 e.